The number of amides is 2. The largest absolute Gasteiger partial charge is 0.445 e. The highest BCUT2D eigenvalue weighted by atomic mass is 16.7. The zero-order chi connectivity index (χ0) is 33.6. The lowest BCUT2D eigenvalue weighted by molar-refractivity contribution is -0.278. The molecular weight excluding hydrogens is 594 g/mol. The normalized spacial score (nSPS) is 28.1. The molecule has 0 bridgehead atoms. The topological polar surface area (TPSA) is 109 Å². The fourth-order valence-corrected chi connectivity index (χ4v) is 7.42. The molecule has 3 fully saturated rings. The quantitative estimate of drug-likeness (QED) is 0.259. The molecule has 2 aromatic rings. The molecule has 3 aliphatic rings. The molecule has 7 atom stereocenters. The van der Waals surface area contributed by atoms with Crippen molar-refractivity contribution in [3.05, 3.63) is 83.4 Å². The molecule has 2 aromatic carbocycles. The van der Waals surface area contributed by atoms with Crippen molar-refractivity contribution in [2.45, 2.75) is 115 Å². The van der Waals surface area contributed by atoms with Gasteiger partial charge in [-0.25, -0.2) is 4.79 Å². The van der Waals surface area contributed by atoms with E-state index in [4.69, 9.17) is 14.2 Å². The maximum Gasteiger partial charge on any atom is 0.407 e. The van der Waals surface area contributed by atoms with E-state index in [0.717, 1.165) is 41.5 Å². The highest BCUT2D eigenvalue weighted by Crippen LogP contribution is 2.44. The maximum atomic E-state index is 13.8. The van der Waals surface area contributed by atoms with Gasteiger partial charge in [-0.3, -0.25) is 9.69 Å². The minimum atomic E-state index is -0.618. The number of hydrogen-bond acceptors (Lipinski definition) is 7. The van der Waals surface area contributed by atoms with E-state index in [1.165, 1.54) is 25.3 Å². The number of benzene rings is 2. The van der Waals surface area contributed by atoms with Gasteiger partial charge < -0.3 is 30.0 Å². The Morgan fingerprint density at radius 2 is 1.66 bits per heavy atom. The second-order valence-corrected chi connectivity index (χ2v) is 14.4. The highest BCUT2D eigenvalue weighted by Gasteiger charge is 2.46. The van der Waals surface area contributed by atoms with Gasteiger partial charge in [-0.15, -0.1) is 0 Å². The number of likely N-dealkylation sites (tertiary alicyclic amines) is 1. The van der Waals surface area contributed by atoms with Crippen molar-refractivity contribution in [3.63, 3.8) is 0 Å². The standard InChI is InChI=1S/C38H53N3O6/c1-6-21-45-37(44)39-22-26-11-17-30(18-12-26)36-46-33(25(2)34(47-36)29-15-13-27(24-42)14-16-29)23-41-31-10-8-7-9-28(31)19-20-32(41)35(43)40-38(3,4)5/h6,11-18,25,28,31-34,36,42H,1,7-10,19-24H2,2-5H3,(H,39,44)(H,40,43)/t25-,28+,31+,32+,33+,34+,36+/m0/s1. The summed E-state index contributed by atoms with van der Waals surface area (Å²) in [4.78, 5) is 28.1. The van der Waals surface area contributed by atoms with Crippen LogP contribution in [0.1, 0.15) is 101 Å². The number of rotatable bonds is 10. The Kier molecular flexibility index (Phi) is 11.8. The van der Waals surface area contributed by atoms with Crippen molar-refractivity contribution in [3.8, 4) is 0 Å². The van der Waals surface area contributed by atoms with Gasteiger partial charge in [0.05, 0.1) is 24.9 Å². The number of carbonyl (C=O) groups excluding carboxylic acids is 2. The van der Waals surface area contributed by atoms with Crippen molar-refractivity contribution in [2.24, 2.45) is 11.8 Å². The van der Waals surface area contributed by atoms with Gasteiger partial charge in [-0.1, -0.05) is 81.0 Å². The van der Waals surface area contributed by atoms with Crippen LogP contribution in [0.3, 0.4) is 0 Å². The predicted molar refractivity (Wildman–Crippen MR) is 181 cm³/mol. The van der Waals surface area contributed by atoms with Crippen molar-refractivity contribution < 1.29 is 28.9 Å². The van der Waals surface area contributed by atoms with Gasteiger partial charge in [-0.2, -0.15) is 0 Å². The fourth-order valence-electron chi connectivity index (χ4n) is 7.42. The molecule has 9 nitrogen and oxygen atoms in total. The molecular formula is C38H53N3O6. The van der Waals surface area contributed by atoms with Gasteiger partial charge in [0.2, 0.25) is 5.91 Å². The number of fused-ring (bicyclic) bond motifs is 1. The van der Waals surface area contributed by atoms with Crippen molar-refractivity contribution >= 4 is 12.0 Å². The van der Waals surface area contributed by atoms with Crippen molar-refractivity contribution in [1.82, 2.24) is 15.5 Å². The van der Waals surface area contributed by atoms with E-state index < -0.39 is 12.4 Å². The molecule has 5 rings (SSSR count). The van der Waals surface area contributed by atoms with E-state index in [1.807, 2.05) is 69.3 Å². The lowest BCUT2D eigenvalue weighted by Gasteiger charge is -2.51. The molecule has 9 heteroatoms. The van der Waals surface area contributed by atoms with Crippen LogP contribution in [-0.2, 0) is 32.2 Å². The number of carbonyl (C=O) groups is 2. The summed E-state index contributed by atoms with van der Waals surface area (Å²) in [7, 11) is 0. The first-order chi connectivity index (χ1) is 22.6. The van der Waals surface area contributed by atoms with Crippen LogP contribution in [0.4, 0.5) is 4.79 Å². The van der Waals surface area contributed by atoms with Crippen LogP contribution in [-0.4, -0.2) is 58.9 Å². The monoisotopic (exact) mass is 647 g/mol. The predicted octanol–water partition coefficient (Wildman–Crippen LogP) is 6.32. The first kappa shape index (κ1) is 35.1. The summed E-state index contributed by atoms with van der Waals surface area (Å²) >= 11 is 0. The van der Waals surface area contributed by atoms with E-state index >= 15 is 0 Å². The number of aliphatic hydroxyl groups excluding tert-OH is 1. The van der Waals surface area contributed by atoms with Crippen LogP contribution in [0.25, 0.3) is 0 Å². The first-order valence-corrected chi connectivity index (χ1v) is 17.2. The molecule has 0 aromatic heterocycles. The number of piperidine rings is 1. The molecule has 3 N–H and O–H groups in total. The third kappa shape index (κ3) is 9.02. The third-order valence-electron chi connectivity index (χ3n) is 9.84. The Labute approximate surface area is 280 Å². The maximum absolute atomic E-state index is 13.8. The number of nitrogens with zero attached hydrogens (tertiary/aromatic N) is 1. The van der Waals surface area contributed by atoms with Gasteiger partial charge in [0.1, 0.15) is 6.61 Å². The van der Waals surface area contributed by atoms with Gasteiger partial charge in [0.15, 0.2) is 6.29 Å². The second-order valence-electron chi connectivity index (χ2n) is 14.4. The smallest absolute Gasteiger partial charge is 0.407 e. The summed E-state index contributed by atoms with van der Waals surface area (Å²) in [5.74, 6) is 0.712. The molecule has 0 unspecified atom stereocenters. The Balaban J connectivity index is 1.40. The van der Waals surface area contributed by atoms with Crippen LogP contribution in [0.2, 0.25) is 0 Å². The van der Waals surface area contributed by atoms with E-state index in [9.17, 15) is 14.7 Å². The molecule has 0 radical (unpaired) electrons. The van der Waals surface area contributed by atoms with Gasteiger partial charge in [-0.05, 0) is 69.1 Å². The number of aliphatic hydroxyl groups is 1. The molecule has 2 aliphatic heterocycles. The number of ether oxygens (including phenoxy) is 3. The minimum absolute atomic E-state index is 0.00609. The summed E-state index contributed by atoms with van der Waals surface area (Å²) < 4.78 is 18.6. The summed E-state index contributed by atoms with van der Waals surface area (Å²) in [5, 5.41) is 15.7. The second kappa shape index (κ2) is 15.8. The molecule has 2 amide bonds. The fraction of sp³-hybridized carbons (Fsp3) is 0.579. The van der Waals surface area contributed by atoms with Crippen LogP contribution < -0.4 is 10.6 Å². The SMILES string of the molecule is C=CCOC(=O)NCc1ccc([C@@H]2O[C@H](CN3[C@@H](C(=O)NC(C)(C)C)CC[C@H]4CCCC[C@H]43)[C@H](C)[C@H](c3ccc(CO)cc3)O2)cc1. The van der Waals surface area contributed by atoms with Crippen LogP contribution in [0.15, 0.2) is 61.2 Å². The average Bonchev–Trinajstić information content (AvgIpc) is 3.07. The molecule has 256 valence electrons. The van der Waals surface area contributed by atoms with E-state index in [2.05, 4.69) is 29.0 Å². The number of nitrogens with one attached hydrogen (secondary N) is 2. The van der Waals surface area contributed by atoms with E-state index in [0.29, 0.717) is 25.0 Å². The van der Waals surface area contributed by atoms with Crippen LogP contribution in [0.5, 0.6) is 0 Å². The Morgan fingerprint density at radius 1 is 0.979 bits per heavy atom. The summed E-state index contributed by atoms with van der Waals surface area (Å²) in [6.07, 6.45) is 6.68. The molecule has 2 saturated heterocycles. The molecule has 1 saturated carbocycles. The molecule has 0 spiro atoms. The van der Waals surface area contributed by atoms with E-state index in [-0.39, 0.29) is 48.8 Å². The van der Waals surface area contributed by atoms with Crippen molar-refractivity contribution in [1.29, 1.82) is 0 Å². The lowest BCUT2D eigenvalue weighted by atomic mass is 9.75. The third-order valence-corrected chi connectivity index (χ3v) is 9.84. The number of alkyl carbamates (subject to hydrolysis) is 1. The van der Waals surface area contributed by atoms with Gasteiger partial charge >= 0.3 is 6.09 Å². The molecule has 1 aliphatic carbocycles. The van der Waals surface area contributed by atoms with Gasteiger partial charge in [0.25, 0.3) is 0 Å². The Hall–Kier alpha value is -3.24. The van der Waals surface area contributed by atoms with Crippen LogP contribution in [0, 0.1) is 11.8 Å². The lowest BCUT2D eigenvalue weighted by Crippen LogP contribution is -2.61. The molecule has 2 heterocycles. The zero-order valence-corrected chi connectivity index (χ0v) is 28.5. The van der Waals surface area contributed by atoms with Crippen LogP contribution >= 0.6 is 0 Å². The first-order valence-electron chi connectivity index (χ1n) is 17.2. The Morgan fingerprint density at radius 3 is 2.34 bits per heavy atom. The zero-order valence-electron chi connectivity index (χ0n) is 28.5. The number of hydrogen-bond donors (Lipinski definition) is 3. The van der Waals surface area contributed by atoms with E-state index in [1.54, 1.807) is 0 Å². The summed E-state index contributed by atoms with van der Waals surface area (Å²) in [5.41, 5.74) is 3.38. The minimum Gasteiger partial charge on any atom is -0.445 e. The Bertz CT molecular complexity index is 1340. The average molecular weight is 648 g/mol. The molecule has 47 heavy (non-hydrogen) atoms. The van der Waals surface area contributed by atoms with Gasteiger partial charge in [0, 0.05) is 36.2 Å². The van der Waals surface area contributed by atoms with Crippen molar-refractivity contribution in [2.75, 3.05) is 13.2 Å². The summed E-state index contributed by atoms with van der Waals surface area (Å²) in [6, 6.07) is 16.0. The highest BCUT2D eigenvalue weighted by molar-refractivity contribution is 5.82. The summed E-state index contributed by atoms with van der Waals surface area (Å²) in [6.45, 7) is 13.0.